The van der Waals surface area contributed by atoms with Crippen LogP contribution in [0.15, 0.2) is 0 Å². The predicted molar refractivity (Wildman–Crippen MR) is 370 cm³/mol. The van der Waals surface area contributed by atoms with E-state index in [2.05, 4.69) is 27.7 Å². The van der Waals surface area contributed by atoms with Crippen LogP contribution in [-0.2, 0) is 61.2 Å². The molecule has 578 valence electrons. The van der Waals surface area contributed by atoms with E-state index in [-0.39, 0.29) is 19.3 Å². The number of ether oxygens (including phenoxy) is 7. The first-order chi connectivity index (χ1) is 47.2. The third-order valence-electron chi connectivity index (χ3n) is 19.5. The number of carbonyl (C=O) groups is 3. The highest BCUT2D eigenvalue weighted by Crippen LogP contribution is 2.49. The van der Waals surface area contributed by atoms with Gasteiger partial charge in [-0.15, -0.1) is 0 Å². The van der Waals surface area contributed by atoms with Crippen LogP contribution in [0.25, 0.3) is 0 Å². The molecule has 1 aliphatic carbocycles. The average molecular weight is 1430 g/mol. The zero-order chi connectivity index (χ0) is 71.9. The van der Waals surface area contributed by atoms with Crippen molar-refractivity contribution in [2.75, 3.05) is 26.4 Å². The van der Waals surface area contributed by atoms with Crippen LogP contribution in [-0.4, -0.2) is 204 Å². The fourth-order valence-corrected chi connectivity index (χ4v) is 14.1. The highest BCUT2D eigenvalue weighted by atomic mass is 31.2. The summed E-state index contributed by atoms with van der Waals surface area (Å²) < 4.78 is 65.1. The molecule has 19 unspecified atom stereocenters. The fraction of sp³-hybridized carbons (Fsp3) is 0.959. The Balaban J connectivity index is 1.73. The number of aliphatic hydroxyl groups excluding tert-OH is 10. The number of hydrogen-bond acceptors (Lipinski definition) is 23. The van der Waals surface area contributed by atoms with Crippen LogP contribution in [0.2, 0.25) is 0 Å². The minimum Gasteiger partial charge on any atom is -0.463 e. The number of aliphatic hydroxyl groups is 10. The lowest BCUT2D eigenvalue weighted by molar-refractivity contribution is -0.360. The molecule has 0 aromatic rings. The molecule has 3 aliphatic rings. The minimum absolute atomic E-state index is 0.0310. The summed E-state index contributed by atoms with van der Waals surface area (Å²) in [5.74, 6) is -1.28. The number of carbonyl (C=O) groups excluding carboxylic acids is 3. The number of hydrogen-bond donors (Lipinski definition) is 11. The first kappa shape index (κ1) is 90.2. The molecule has 2 saturated heterocycles. The van der Waals surface area contributed by atoms with Gasteiger partial charge in [0.1, 0.15) is 98.7 Å². The van der Waals surface area contributed by atoms with Gasteiger partial charge in [-0.25, -0.2) is 4.57 Å². The van der Waals surface area contributed by atoms with E-state index < -0.39 is 156 Å². The molecule has 3 fully saturated rings. The van der Waals surface area contributed by atoms with E-state index >= 15 is 0 Å². The standard InChI is InChI=1S/C73H137O24P/c1-5-8-11-14-17-19-21-23-25-26-28-30-36-41-46-57(75)89-50-54(92-59(77)48-43-38-31-29-27-24-22-20-18-15-12-9-6-2)51-91-98(87,88)97-71-69(95-72-67(85)62(80)60(78)55(49-74)93-72)65(83)64(82)66(84)70(71)96-73-68(86)63(81)61(79)56(94-73)52-90-58(76)47-42-37-33-32-35-40-45-53(4)44-39-34-16-13-10-7-3/h53-56,60-74,78-86H,5-52H2,1-4H3,(H,87,88). The van der Waals surface area contributed by atoms with Crippen molar-refractivity contribution in [3.8, 4) is 0 Å². The maximum Gasteiger partial charge on any atom is 0.472 e. The van der Waals surface area contributed by atoms with Gasteiger partial charge >= 0.3 is 25.7 Å². The number of phosphoric acid groups is 1. The van der Waals surface area contributed by atoms with E-state index in [0.29, 0.717) is 25.2 Å². The summed E-state index contributed by atoms with van der Waals surface area (Å²) in [4.78, 5) is 51.0. The molecule has 19 atom stereocenters. The first-order valence-corrected chi connectivity index (χ1v) is 40.2. The van der Waals surface area contributed by atoms with Crippen molar-refractivity contribution < 1.29 is 117 Å². The molecular formula is C73H137O24P. The van der Waals surface area contributed by atoms with Gasteiger partial charge < -0.3 is 89.1 Å². The maximum atomic E-state index is 14.3. The second-order valence-corrected chi connectivity index (χ2v) is 29.8. The molecule has 0 spiro atoms. The molecule has 0 radical (unpaired) electrons. The van der Waals surface area contributed by atoms with Gasteiger partial charge in [0.05, 0.1) is 13.2 Å². The van der Waals surface area contributed by atoms with Crippen molar-refractivity contribution in [1.29, 1.82) is 0 Å². The van der Waals surface area contributed by atoms with Gasteiger partial charge in [0.25, 0.3) is 0 Å². The first-order valence-electron chi connectivity index (χ1n) is 38.7. The highest BCUT2D eigenvalue weighted by Gasteiger charge is 2.58. The summed E-state index contributed by atoms with van der Waals surface area (Å²) in [6.07, 6.45) is 10.2. The monoisotopic (exact) mass is 1430 g/mol. The van der Waals surface area contributed by atoms with Crippen LogP contribution in [0.5, 0.6) is 0 Å². The third-order valence-corrected chi connectivity index (χ3v) is 20.5. The average Bonchev–Trinajstić information content (AvgIpc) is 0.762. The zero-order valence-corrected chi connectivity index (χ0v) is 61.4. The molecule has 2 aliphatic heterocycles. The van der Waals surface area contributed by atoms with E-state index in [9.17, 15) is 74.9 Å². The summed E-state index contributed by atoms with van der Waals surface area (Å²) >= 11 is 0. The number of phosphoric ester groups is 1. The number of esters is 3. The summed E-state index contributed by atoms with van der Waals surface area (Å²) in [6.45, 7) is 5.79. The quantitative estimate of drug-likeness (QED) is 0.0117. The van der Waals surface area contributed by atoms with Crippen molar-refractivity contribution in [1.82, 2.24) is 0 Å². The largest absolute Gasteiger partial charge is 0.472 e. The molecule has 25 heteroatoms. The van der Waals surface area contributed by atoms with Crippen molar-refractivity contribution >= 4 is 25.7 Å². The Hall–Kier alpha value is -2.04. The van der Waals surface area contributed by atoms with Crippen molar-refractivity contribution in [3.63, 3.8) is 0 Å². The fourth-order valence-electron chi connectivity index (χ4n) is 13.1. The topological polar surface area (TPSA) is 374 Å². The molecule has 1 saturated carbocycles. The van der Waals surface area contributed by atoms with Crippen LogP contribution in [0.3, 0.4) is 0 Å². The molecule has 3 rings (SSSR count). The van der Waals surface area contributed by atoms with Crippen LogP contribution in [0.1, 0.15) is 310 Å². The van der Waals surface area contributed by atoms with Gasteiger partial charge in [0.15, 0.2) is 18.7 Å². The smallest absolute Gasteiger partial charge is 0.463 e. The summed E-state index contributed by atoms with van der Waals surface area (Å²) in [5.41, 5.74) is 0. The lowest BCUT2D eigenvalue weighted by Crippen LogP contribution is -2.69. The second-order valence-electron chi connectivity index (χ2n) is 28.4. The van der Waals surface area contributed by atoms with Gasteiger partial charge in [-0.3, -0.25) is 23.4 Å². The van der Waals surface area contributed by atoms with Gasteiger partial charge in [-0.1, -0.05) is 272 Å². The Morgan fingerprint density at radius 2 is 0.714 bits per heavy atom. The Morgan fingerprint density at radius 3 is 1.10 bits per heavy atom. The van der Waals surface area contributed by atoms with Gasteiger partial charge in [-0.2, -0.15) is 0 Å². The Labute approximate surface area is 587 Å². The van der Waals surface area contributed by atoms with E-state index in [1.807, 2.05) is 0 Å². The number of rotatable bonds is 60. The lowest BCUT2D eigenvalue weighted by atomic mass is 9.84. The predicted octanol–water partition coefficient (Wildman–Crippen LogP) is 10.8. The minimum atomic E-state index is -5.69. The molecule has 0 amide bonds. The molecule has 98 heavy (non-hydrogen) atoms. The SMILES string of the molecule is CCCCCCCCCCCCCCCCC(=O)OCC(COP(=O)(O)OC1C(OC2OC(CO)C(O)C(O)C2O)C(O)C(O)C(O)C1OC1OC(COC(=O)CCCCCCCCC(C)CCCCCCCC)C(O)C(O)C1O)OC(=O)CCCCCCCCCCCCCCC. The van der Waals surface area contributed by atoms with Crippen molar-refractivity contribution in [2.24, 2.45) is 5.92 Å². The van der Waals surface area contributed by atoms with E-state index in [4.69, 9.17) is 42.2 Å². The van der Waals surface area contributed by atoms with Crippen molar-refractivity contribution in [2.45, 2.75) is 414 Å². The van der Waals surface area contributed by atoms with Gasteiger partial charge in [-0.05, 0) is 25.2 Å². The van der Waals surface area contributed by atoms with E-state index in [1.165, 1.54) is 154 Å². The lowest BCUT2D eigenvalue weighted by Gasteiger charge is -2.49. The molecule has 24 nitrogen and oxygen atoms in total. The third kappa shape index (κ3) is 37.6. The summed E-state index contributed by atoms with van der Waals surface area (Å²) in [5, 5.41) is 110. The summed E-state index contributed by atoms with van der Waals surface area (Å²) in [6, 6.07) is 0. The molecule has 0 aromatic heterocycles. The normalized spacial score (nSPS) is 27.9. The molecule has 11 N–H and O–H groups in total. The summed E-state index contributed by atoms with van der Waals surface area (Å²) in [7, 11) is -5.69. The molecule has 2 heterocycles. The number of unbranched alkanes of at least 4 members (excludes halogenated alkanes) is 35. The molecular weight excluding hydrogens is 1290 g/mol. The second kappa shape index (κ2) is 54.6. The van der Waals surface area contributed by atoms with Crippen LogP contribution in [0.4, 0.5) is 0 Å². The van der Waals surface area contributed by atoms with E-state index in [0.717, 1.165) is 89.9 Å². The Bertz CT molecular complexity index is 2050. The molecule has 0 bridgehead atoms. The van der Waals surface area contributed by atoms with E-state index in [1.54, 1.807) is 0 Å². The van der Waals surface area contributed by atoms with Crippen LogP contribution >= 0.6 is 7.82 Å². The van der Waals surface area contributed by atoms with Crippen LogP contribution in [0, 0.1) is 5.92 Å². The van der Waals surface area contributed by atoms with Gasteiger partial charge in [0.2, 0.25) is 0 Å². The highest BCUT2D eigenvalue weighted by molar-refractivity contribution is 7.47. The van der Waals surface area contributed by atoms with Gasteiger partial charge in [0, 0.05) is 19.3 Å². The Kier molecular flexibility index (Phi) is 50.2. The molecule has 0 aromatic carbocycles. The van der Waals surface area contributed by atoms with Crippen LogP contribution < -0.4 is 0 Å². The van der Waals surface area contributed by atoms with Crippen molar-refractivity contribution in [3.05, 3.63) is 0 Å². The zero-order valence-electron chi connectivity index (χ0n) is 60.5. The Morgan fingerprint density at radius 1 is 0.388 bits per heavy atom. The maximum absolute atomic E-state index is 14.3.